The smallest absolute Gasteiger partial charge is 0.308 e. The van der Waals surface area contributed by atoms with Crippen molar-refractivity contribution in [3.8, 4) is 17.6 Å². The van der Waals surface area contributed by atoms with E-state index in [-0.39, 0.29) is 12.3 Å². The number of pyridine rings is 1. The summed E-state index contributed by atoms with van der Waals surface area (Å²) in [5, 5.41) is 11.6. The van der Waals surface area contributed by atoms with E-state index in [0.29, 0.717) is 70.3 Å². The number of aliphatic carboxylic acids is 1. The van der Waals surface area contributed by atoms with Gasteiger partial charge in [-0.2, -0.15) is 0 Å². The maximum Gasteiger partial charge on any atom is 0.308 e. The summed E-state index contributed by atoms with van der Waals surface area (Å²) in [6.07, 6.45) is 1.81. The molecular weight excluding hydrogens is 502 g/mol. The van der Waals surface area contributed by atoms with Crippen LogP contribution >= 0.6 is 23.2 Å². The highest BCUT2D eigenvalue weighted by Gasteiger charge is 2.34. The van der Waals surface area contributed by atoms with Crippen molar-refractivity contribution in [2.45, 2.75) is 25.4 Å². The second-order valence-electron chi connectivity index (χ2n) is 8.98. The molecule has 2 aromatic carbocycles. The molecule has 1 aliphatic rings. The zero-order valence-corrected chi connectivity index (χ0v) is 21.4. The standard InChI is InChI=1S/C28H27Cl2FN2O3/c1-36-21-7-9-27-23(16-21)22(10-12-32-27)26(31)8-5-18-11-14-33(17-24(18)28(34)35)13-2-3-19-4-6-20(29)15-25(19)30/h4,6-7,9-10,12,15-16,18,24,26H,5,8,11,13-14,17H2,1H3,(H,34,35)/t18-,24+,26+/m1/s1. The molecule has 0 saturated carbocycles. The zero-order chi connectivity index (χ0) is 25.7. The number of fused-ring (bicyclic) bond motifs is 1. The lowest BCUT2D eigenvalue weighted by Crippen LogP contribution is -2.44. The molecule has 0 amide bonds. The summed E-state index contributed by atoms with van der Waals surface area (Å²) in [5.41, 5.74) is 1.94. The van der Waals surface area contributed by atoms with Crippen LogP contribution in [0.2, 0.25) is 10.0 Å². The Balaban J connectivity index is 1.38. The molecule has 5 nitrogen and oxygen atoms in total. The molecule has 2 heterocycles. The molecule has 0 spiro atoms. The molecule has 188 valence electrons. The van der Waals surface area contributed by atoms with Gasteiger partial charge in [0.25, 0.3) is 0 Å². The Morgan fingerprint density at radius 2 is 2.11 bits per heavy atom. The van der Waals surface area contributed by atoms with Crippen LogP contribution in [0.1, 0.15) is 36.6 Å². The van der Waals surface area contributed by atoms with E-state index in [0.717, 1.165) is 0 Å². The van der Waals surface area contributed by atoms with Crippen LogP contribution < -0.4 is 4.74 Å². The Kier molecular flexibility index (Phi) is 8.68. The lowest BCUT2D eigenvalue weighted by molar-refractivity contribution is -0.146. The number of alkyl halides is 1. The molecule has 1 N–H and O–H groups in total. The van der Waals surface area contributed by atoms with Crippen molar-refractivity contribution in [3.63, 3.8) is 0 Å². The number of hydrogen-bond donors (Lipinski definition) is 1. The number of hydrogen-bond acceptors (Lipinski definition) is 4. The summed E-state index contributed by atoms with van der Waals surface area (Å²) < 4.78 is 20.7. The number of carboxylic acid groups (broad SMARTS) is 1. The van der Waals surface area contributed by atoms with Crippen molar-refractivity contribution in [1.29, 1.82) is 0 Å². The third kappa shape index (κ3) is 6.28. The van der Waals surface area contributed by atoms with Gasteiger partial charge in [-0.3, -0.25) is 14.7 Å². The number of methoxy groups -OCH3 is 1. The summed E-state index contributed by atoms with van der Waals surface area (Å²) in [7, 11) is 1.57. The van der Waals surface area contributed by atoms with E-state index in [1.165, 1.54) is 0 Å². The van der Waals surface area contributed by atoms with Crippen molar-refractivity contribution in [2.75, 3.05) is 26.7 Å². The third-order valence-electron chi connectivity index (χ3n) is 6.72. The van der Waals surface area contributed by atoms with Crippen LogP contribution in [-0.4, -0.2) is 47.7 Å². The van der Waals surface area contributed by atoms with E-state index in [1.807, 2.05) is 11.0 Å². The second-order valence-corrected chi connectivity index (χ2v) is 9.83. The Hall–Kier alpha value is -2.85. The van der Waals surface area contributed by atoms with Gasteiger partial charge in [0.1, 0.15) is 11.9 Å². The highest BCUT2D eigenvalue weighted by Crippen LogP contribution is 2.35. The van der Waals surface area contributed by atoms with Crippen LogP contribution in [-0.2, 0) is 4.79 Å². The monoisotopic (exact) mass is 528 g/mol. The van der Waals surface area contributed by atoms with Gasteiger partial charge in [0.05, 0.1) is 30.1 Å². The summed E-state index contributed by atoms with van der Waals surface area (Å²) in [4.78, 5) is 18.4. The molecule has 3 atom stereocenters. The molecule has 36 heavy (non-hydrogen) atoms. The number of likely N-dealkylation sites (tertiary alicyclic amines) is 1. The fourth-order valence-corrected chi connectivity index (χ4v) is 5.19. The van der Waals surface area contributed by atoms with Gasteiger partial charge in [-0.15, -0.1) is 0 Å². The van der Waals surface area contributed by atoms with Crippen molar-refractivity contribution in [1.82, 2.24) is 9.88 Å². The second kappa shape index (κ2) is 11.9. The average Bonchev–Trinajstić information content (AvgIpc) is 2.88. The summed E-state index contributed by atoms with van der Waals surface area (Å²) in [5.74, 6) is 5.24. The normalized spacial score (nSPS) is 18.9. The van der Waals surface area contributed by atoms with Crippen LogP contribution in [0.15, 0.2) is 48.7 Å². The molecule has 3 aromatic rings. The molecule has 1 aromatic heterocycles. The summed E-state index contributed by atoms with van der Waals surface area (Å²) >= 11 is 12.1. The predicted octanol–water partition coefficient (Wildman–Crippen LogP) is 6.42. The first-order valence-electron chi connectivity index (χ1n) is 11.8. The first-order valence-corrected chi connectivity index (χ1v) is 12.6. The van der Waals surface area contributed by atoms with E-state index in [2.05, 4.69) is 16.8 Å². The largest absolute Gasteiger partial charge is 0.497 e. The molecule has 8 heteroatoms. The number of rotatable bonds is 7. The molecule has 1 aliphatic heterocycles. The van der Waals surface area contributed by atoms with Gasteiger partial charge in [-0.05, 0) is 79.8 Å². The highest BCUT2D eigenvalue weighted by molar-refractivity contribution is 6.35. The Morgan fingerprint density at radius 3 is 2.86 bits per heavy atom. The molecule has 0 aliphatic carbocycles. The van der Waals surface area contributed by atoms with Crippen molar-refractivity contribution >= 4 is 40.1 Å². The van der Waals surface area contributed by atoms with E-state index in [4.69, 9.17) is 27.9 Å². The molecule has 0 unspecified atom stereocenters. The number of aromatic nitrogens is 1. The van der Waals surface area contributed by atoms with Crippen LogP contribution in [0, 0.1) is 23.7 Å². The zero-order valence-electron chi connectivity index (χ0n) is 19.9. The van der Waals surface area contributed by atoms with Gasteiger partial charge in [-0.25, -0.2) is 4.39 Å². The van der Waals surface area contributed by atoms with E-state index >= 15 is 4.39 Å². The molecular formula is C28H27Cl2FN2O3. The van der Waals surface area contributed by atoms with Gasteiger partial charge in [0.15, 0.2) is 0 Å². The SMILES string of the molecule is COc1ccc2nccc([C@@H](F)CC[C@@H]3CCN(CC#Cc4ccc(Cl)cc4Cl)C[C@@H]3C(=O)O)c2c1. The van der Waals surface area contributed by atoms with Gasteiger partial charge in [0, 0.05) is 28.7 Å². The quantitative estimate of drug-likeness (QED) is 0.358. The molecule has 4 rings (SSSR count). The minimum Gasteiger partial charge on any atom is -0.497 e. The van der Waals surface area contributed by atoms with Gasteiger partial charge < -0.3 is 9.84 Å². The number of carbonyl (C=O) groups is 1. The number of ether oxygens (including phenoxy) is 1. The molecule has 0 radical (unpaired) electrons. The third-order valence-corrected chi connectivity index (χ3v) is 7.27. The lowest BCUT2D eigenvalue weighted by Gasteiger charge is -2.35. The van der Waals surface area contributed by atoms with Crippen molar-refractivity contribution in [3.05, 3.63) is 69.8 Å². The summed E-state index contributed by atoms with van der Waals surface area (Å²) in [6.45, 7) is 1.53. The van der Waals surface area contributed by atoms with Crippen molar-refractivity contribution < 1.29 is 19.0 Å². The Labute approximate surface area is 220 Å². The number of carboxylic acids is 1. The van der Waals surface area contributed by atoms with E-state index in [9.17, 15) is 9.90 Å². The number of piperidine rings is 1. The van der Waals surface area contributed by atoms with Gasteiger partial charge in [0.2, 0.25) is 0 Å². The molecule has 1 fully saturated rings. The maximum absolute atomic E-state index is 15.4. The minimum atomic E-state index is -1.22. The van der Waals surface area contributed by atoms with E-state index < -0.39 is 18.1 Å². The van der Waals surface area contributed by atoms with Crippen LogP contribution in [0.5, 0.6) is 5.75 Å². The predicted molar refractivity (Wildman–Crippen MR) is 140 cm³/mol. The van der Waals surface area contributed by atoms with Gasteiger partial charge in [-0.1, -0.05) is 35.0 Å². The summed E-state index contributed by atoms with van der Waals surface area (Å²) in [6, 6.07) is 12.2. The first-order chi connectivity index (χ1) is 17.4. The Morgan fingerprint density at radius 1 is 1.28 bits per heavy atom. The number of nitrogens with zero attached hydrogens (tertiary/aromatic N) is 2. The fraction of sp³-hybridized carbons (Fsp3) is 0.357. The van der Waals surface area contributed by atoms with E-state index in [1.54, 1.807) is 49.7 Å². The average molecular weight is 529 g/mol. The number of halogens is 3. The topological polar surface area (TPSA) is 62.7 Å². The fourth-order valence-electron chi connectivity index (χ4n) is 4.74. The number of benzene rings is 2. The Bertz CT molecular complexity index is 1310. The van der Waals surface area contributed by atoms with Crippen LogP contribution in [0.25, 0.3) is 10.9 Å². The molecule has 0 bridgehead atoms. The minimum absolute atomic E-state index is 0.0988. The van der Waals surface area contributed by atoms with Crippen molar-refractivity contribution in [2.24, 2.45) is 11.8 Å². The van der Waals surface area contributed by atoms with Crippen LogP contribution in [0.4, 0.5) is 4.39 Å². The lowest BCUT2D eigenvalue weighted by atomic mass is 9.81. The maximum atomic E-state index is 15.4. The van der Waals surface area contributed by atoms with Gasteiger partial charge >= 0.3 is 5.97 Å². The molecule has 1 saturated heterocycles. The first kappa shape index (κ1) is 26.2. The van der Waals surface area contributed by atoms with Crippen LogP contribution in [0.3, 0.4) is 0 Å². The highest BCUT2D eigenvalue weighted by atomic mass is 35.5.